The molecule has 0 aliphatic heterocycles. The smallest absolute Gasteiger partial charge is 0.228 e. The predicted octanol–water partition coefficient (Wildman–Crippen LogP) is 6.21. The van der Waals surface area contributed by atoms with Crippen LogP contribution < -0.4 is 14.8 Å². The molecule has 0 bridgehead atoms. The standard InChI is InChI=1S/C28H26FNO4/c1-16-7-5-6-8-24(16)30-27(31)15-22-17(2)21(20-10-9-19(29)14-23(20)22)11-18-12-25(33-3)28(32)26(13-18)34-4/h5-14,32H,15H2,1-4H3,(H,30,31). The molecule has 3 aromatic rings. The molecular formula is C28H26FNO4. The molecule has 1 aliphatic carbocycles. The van der Waals surface area contributed by atoms with E-state index in [-0.39, 0.29) is 35.4 Å². The summed E-state index contributed by atoms with van der Waals surface area (Å²) in [5.41, 5.74) is 6.50. The first-order chi connectivity index (χ1) is 16.3. The summed E-state index contributed by atoms with van der Waals surface area (Å²) in [5, 5.41) is 13.2. The molecule has 0 saturated carbocycles. The molecule has 4 rings (SSSR count). The van der Waals surface area contributed by atoms with Gasteiger partial charge in [0.1, 0.15) is 5.82 Å². The van der Waals surface area contributed by atoms with Gasteiger partial charge < -0.3 is 19.9 Å². The number of nitrogens with one attached hydrogen (secondary N) is 1. The van der Waals surface area contributed by atoms with E-state index in [0.717, 1.165) is 39.1 Å². The van der Waals surface area contributed by atoms with Crippen molar-refractivity contribution in [3.05, 3.63) is 88.2 Å². The van der Waals surface area contributed by atoms with E-state index in [2.05, 4.69) is 5.32 Å². The lowest BCUT2D eigenvalue weighted by atomic mass is 10.00. The number of aryl methyl sites for hydroxylation is 1. The van der Waals surface area contributed by atoms with Crippen molar-refractivity contribution in [2.24, 2.45) is 0 Å². The second-order valence-electron chi connectivity index (χ2n) is 8.17. The van der Waals surface area contributed by atoms with Crippen molar-refractivity contribution in [2.75, 3.05) is 19.5 Å². The first kappa shape index (κ1) is 23.1. The van der Waals surface area contributed by atoms with Gasteiger partial charge in [0.2, 0.25) is 11.7 Å². The van der Waals surface area contributed by atoms with E-state index in [1.165, 1.54) is 26.4 Å². The summed E-state index contributed by atoms with van der Waals surface area (Å²) in [4.78, 5) is 12.9. The average molecular weight is 460 g/mol. The molecule has 174 valence electrons. The SMILES string of the molecule is COc1cc(C=C2C(C)=C(CC(=O)Nc3ccccc3C)c3cc(F)ccc32)cc(OC)c1O. The lowest BCUT2D eigenvalue weighted by Gasteiger charge is -2.11. The minimum atomic E-state index is -0.363. The highest BCUT2D eigenvalue weighted by Gasteiger charge is 2.26. The number of methoxy groups -OCH3 is 2. The summed E-state index contributed by atoms with van der Waals surface area (Å²) >= 11 is 0. The number of rotatable bonds is 6. The Balaban J connectivity index is 1.75. The number of phenolic OH excluding ortho intramolecular Hbond substituents is 1. The van der Waals surface area contributed by atoms with Crippen molar-refractivity contribution in [3.63, 3.8) is 0 Å². The minimum Gasteiger partial charge on any atom is -0.502 e. The number of allylic oxidation sites excluding steroid dienone is 2. The Morgan fingerprint density at radius 2 is 1.68 bits per heavy atom. The summed E-state index contributed by atoms with van der Waals surface area (Å²) in [6.07, 6.45) is 2.03. The van der Waals surface area contributed by atoms with E-state index in [9.17, 15) is 14.3 Å². The van der Waals surface area contributed by atoms with E-state index < -0.39 is 0 Å². The van der Waals surface area contributed by atoms with Crippen molar-refractivity contribution in [1.29, 1.82) is 0 Å². The number of ether oxygens (including phenoxy) is 2. The molecular weight excluding hydrogens is 433 g/mol. The van der Waals surface area contributed by atoms with Gasteiger partial charge in [-0.1, -0.05) is 24.3 Å². The molecule has 0 saturated heterocycles. The number of carbonyl (C=O) groups is 1. The van der Waals surface area contributed by atoms with Crippen molar-refractivity contribution >= 4 is 28.8 Å². The van der Waals surface area contributed by atoms with Crippen LogP contribution in [0.4, 0.5) is 10.1 Å². The maximum Gasteiger partial charge on any atom is 0.228 e. The Bertz CT molecular complexity index is 1310. The van der Waals surface area contributed by atoms with Crippen LogP contribution in [0.2, 0.25) is 0 Å². The number of anilines is 1. The van der Waals surface area contributed by atoms with Gasteiger partial charge in [0.25, 0.3) is 0 Å². The number of hydrogen-bond donors (Lipinski definition) is 2. The second-order valence-corrected chi connectivity index (χ2v) is 8.17. The molecule has 0 radical (unpaired) electrons. The summed E-state index contributed by atoms with van der Waals surface area (Å²) in [6.45, 7) is 3.86. The van der Waals surface area contributed by atoms with Crippen LogP contribution in [0.1, 0.15) is 35.6 Å². The van der Waals surface area contributed by atoms with Gasteiger partial charge in [-0.25, -0.2) is 4.39 Å². The monoisotopic (exact) mass is 459 g/mol. The lowest BCUT2D eigenvalue weighted by Crippen LogP contribution is -2.12. The Morgan fingerprint density at radius 3 is 2.32 bits per heavy atom. The number of halogens is 1. The fourth-order valence-electron chi connectivity index (χ4n) is 4.21. The van der Waals surface area contributed by atoms with E-state index in [0.29, 0.717) is 5.56 Å². The number of phenols is 1. The molecule has 2 N–H and O–H groups in total. The topological polar surface area (TPSA) is 67.8 Å². The fourth-order valence-corrected chi connectivity index (χ4v) is 4.21. The second kappa shape index (κ2) is 9.43. The first-order valence-corrected chi connectivity index (χ1v) is 10.8. The zero-order chi connectivity index (χ0) is 24.4. The van der Waals surface area contributed by atoms with Gasteiger partial charge in [-0.2, -0.15) is 0 Å². The quantitative estimate of drug-likeness (QED) is 0.460. The number of fused-ring (bicyclic) bond motifs is 1. The van der Waals surface area contributed by atoms with E-state index in [1.807, 2.05) is 44.2 Å². The minimum absolute atomic E-state index is 0.0816. The highest BCUT2D eigenvalue weighted by Crippen LogP contribution is 2.45. The number of aromatic hydroxyl groups is 1. The highest BCUT2D eigenvalue weighted by atomic mass is 19.1. The zero-order valence-electron chi connectivity index (χ0n) is 19.5. The Labute approximate surface area is 198 Å². The van der Waals surface area contributed by atoms with Gasteiger partial charge >= 0.3 is 0 Å². The zero-order valence-corrected chi connectivity index (χ0v) is 19.5. The third-order valence-electron chi connectivity index (χ3n) is 6.02. The van der Waals surface area contributed by atoms with E-state index >= 15 is 0 Å². The van der Waals surface area contributed by atoms with Crippen molar-refractivity contribution in [2.45, 2.75) is 20.3 Å². The van der Waals surface area contributed by atoms with E-state index in [4.69, 9.17) is 9.47 Å². The normalized spacial score (nSPS) is 13.7. The van der Waals surface area contributed by atoms with Gasteiger partial charge in [0.15, 0.2) is 11.5 Å². The number of para-hydroxylation sites is 1. The molecule has 0 atom stereocenters. The third kappa shape index (κ3) is 4.39. The van der Waals surface area contributed by atoms with Crippen LogP contribution in [0, 0.1) is 12.7 Å². The Kier molecular flexibility index (Phi) is 6.41. The summed E-state index contributed by atoms with van der Waals surface area (Å²) < 4.78 is 24.7. The third-order valence-corrected chi connectivity index (χ3v) is 6.02. The summed E-state index contributed by atoms with van der Waals surface area (Å²) in [5.74, 6) is -0.0569. The largest absolute Gasteiger partial charge is 0.502 e. The molecule has 5 nitrogen and oxygen atoms in total. The molecule has 0 unspecified atom stereocenters. The van der Waals surface area contributed by atoms with Crippen molar-refractivity contribution in [1.82, 2.24) is 0 Å². The molecule has 0 aromatic heterocycles. The van der Waals surface area contributed by atoms with E-state index in [1.54, 1.807) is 18.2 Å². The molecule has 1 aliphatic rings. The molecule has 0 heterocycles. The lowest BCUT2D eigenvalue weighted by molar-refractivity contribution is -0.115. The number of amides is 1. The van der Waals surface area contributed by atoms with Gasteiger partial charge in [0.05, 0.1) is 20.6 Å². The van der Waals surface area contributed by atoms with Crippen LogP contribution in [0.15, 0.2) is 60.2 Å². The van der Waals surface area contributed by atoms with Crippen molar-refractivity contribution in [3.8, 4) is 17.2 Å². The molecule has 3 aromatic carbocycles. The number of benzene rings is 3. The fraction of sp³-hybridized carbons (Fsp3) is 0.179. The first-order valence-electron chi connectivity index (χ1n) is 10.8. The van der Waals surface area contributed by atoms with Crippen LogP contribution in [0.5, 0.6) is 17.2 Å². The summed E-state index contributed by atoms with van der Waals surface area (Å²) in [7, 11) is 2.94. The van der Waals surface area contributed by atoms with Gasteiger partial charge in [-0.05, 0) is 89.2 Å². The Morgan fingerprint density at radius 1 is 1.00 bits per heavy atom. The molecule has 0 spiro atoms. The number of hydrogen-bond acceptors (Lipinski definition) is 4. The van der Waals surface area contributed by atoms with Gasteiger partial charge in [-0.3, -0.25) is 4.79 Å². The summed E-state index contributed by atoms with van der Waals surface area (Å²) in [6, 6.07) is 15.6. The molecule has 34 heavy (non-hydrogen) atoms. The number of carbonyl (C=O) groups excluding carboxylic acids is 1. The molecule has 0 fully saturated rings. The molecule has 6 heteroatoms. The average Bonchev–Trinajstić information content (AvgIpc) is 3.06. The van der Waals surface area contributed by atoms with Crippen LogP contribution in [-0.4, -0.2) is 25.2 Å². The molecule has 1 amide bonds. The predicted molar refractivity (Wildman–Crippen MR) is 133 cm³/mol. The van der Waals surface area contributed by atoms with Crippen LogP contribution in [0.25, 0.3) is 17.2 Å². The van der Waals surface area contributed by atoms with Crippen LogP contribution in [-0.2, 0) is 4.79 Å². The maximum atomic E-state index is 14.2. The highest BCUT2D eigenvalue weighted by molar-refractivity contribution is 6.10. The van der Waals surface area contributed by atoms with Gasteiger partial charge in [0, 0.05) is 5.69 Å². The Hall–Kier alpha value is -4.06. The van der Waals surface area contributed by atoms with Gasteiger partial charge in [-0.15, -0.1) is 0 Å². The van der Waals surface area contributed by atoms with Crippen molar-refractivity contribution < 1.29 is 23.8 Å². The maximum absolute atomic E-state index is 14.2. The van der Waals surface area contributed by atoms with Crippen LogP contribution in [0.3, 0.4) is 0 Å². The van der Waals surface area contributed by atoms with Crippen LogP contribution >= 0.6 is 0 Å².